The third-order valence-corrected chi connectivity index (χ3v) is 2.98. The van der Waals surface area contributed by atoms with Crippen LogP contribution in [0.5, 0.6) is 0 Å². The summed E-state index contributed by atoms with van der Waals surface area (Å²) in [7, 11) is 0. The number of ketones is 1. The topological polar surface area (TPSA) is 43.4 Å². The van der Waals surface area contributed by atoms with Crippen LogP contribution < -0.4 is 0 Å². The fourth-order valence-electron chi connectivity index (χ4n) is 1.87. The monoisotopic (exact) mass is 262 g/mol. The molecular weight excluding hydrogens is 240 g/mol. The molecule has 0 N–H and O–H groups in total. The van der Waals surface area contributed by atoms with E-state index in [4.69, 9.17) is 4.74 Å². The molecule has 0 saturated heterocycles. The predicted molar refractivity (Wildman–Crippen MR) is 75.0 cm³/mol. The summed E-state index contributed by atoms with van der Waals surface area (Å²) < 4.78 is 4.94. The van der Waals surface area contributed by atoms with E-state index in [0.29, 0.717) is 13.0 Å². The number of esters is 1. The van der Waals surface area contributed by atoms with Crippen LogP contribution in [0, 0.1) is 0 Å². The van der Waals surface area contributed by atoms with Crippen LogP contribution in [0.25, 0.3) is 0 Å². The van der Waals surface area contributed by atoms with E-state index in [1.807, 2.05) is 44.2 Å². The Hall–Kier alpha value is -1.64. The Labute approximate surface area is 115 Å². The first-order chi connectivity index (χ1) is 9.13. The molecule has 0 aromatic heterocycles. The molecule has 104 valence electrons. The van der Waals surface area contributed by atoms with Gasteiger partial charge in [0.15, 0.2) is 0 Å². The summed E-state index contributed by atoms with van der Waals surface area (Å²) in [6.07, 6.45) is 1.76. The molecule has 1 atom stereocenters. The predicted octanol–water partition coefficient (Wildman–Crippen LogP) is 3.48. The van der Waals surface area contributed by atoms with Gasteiger partial charge in [-0.1, -0.05) is 44.2 Å². The summed E-state index contributed by atoms with van der Waals surface area (Å²) in [5.74, 6) is 0.0349. The van der Waals surface area contributed by atoms with E-state index in [0.717, 1.165) is 12.0 Å². The Morgan fingerprint density at radius 2 is 1.84 bits per heavy atom. The third kappa shape index (κ3) is 6.18. The molecule has 0 spiro atoms. The number of hydrogen-bond acceptors (Lipinski definition) is 3. The number of ether oxygens (including phenoxy) is 1. The van der Waals surface area contributed by atoms with Crippen molar-refractivity contribution in [2.45, 2.75) is 45.4 Å². The average molecular weight is 262 g/mol. The van der Waals surface area contributed by atoms with Crippen molar-refractivity contribution >= 4 is 11.8 Å². The molecule has 0 amide bonds. The van der Waals surface area contributed by atoms with Crippen molar-refractivity contribution in [2.75, 3.05) is 6.61 Å². The van der Waals surface area contributed by atoms with Gasteiger partial charge in [0.1, 0.15) is 5.78 Å². The first-order valence-corrected chi connectivity index (χ1v) is 6.85. The lowest BCUT2D eigenvalue weighted by Gasteiger charge is -2.10. The summed E-state index contributed by atoms with van der Waals surface area (Å²) in [5, 5.41) is 0. The van der Waals surface area contributed by atoms with E-state index in [9.17, 15) is 9.59 Å². The zero-order chi connectivity index (χ0) is 14.1. The first kappa shape index (κ1) is 15.4. The second kappa shape index (κ2) is 8.46. The molecule has 0 aliphatic heterocycles. The van der Waals surface area contributed by atoms with Crippen molar-refractivity contribution in [1.82, 2.24) is 0 Å². The number of rotatable bonds is 8. The number of benzene rings is 1. The zero-order valence-electron chi connectivity index (χ0n) is 11.7. The molecule has 0 radical (unpaired) electrons. The van der Waals surface area contributed by atoms with Gasteiger partial charge in [-0.05, 0) is 17.9 Å². The molecule has 0 fully saturated rings. The molecular formula is C16H22O3. The standard InChI is InChI=1S/C16H22O3/c1-3-11-19-16(18)10-9-15(17)12-13(2)14-7-5-4-6-8-14/h4-8,13H,3,9-12H2,1-2H3. The van der Waals surface area contributed by atoms with Crippen molar-refractivity contribution in [3.05, 3.63) is 35.9 Å². The third-order valence-electron chi connectivity index (χ3n) is 2.98. The van der Waals surface area contributed by atoms with Gasteiger partial charge in [0.2, 0.25) is 0 Å². The van der Waals surface area contributed by atoms with Gasteiger partial charge in [-0.3, -0.25) is 9.59 Å². The summed E-state index contributed by atoms with van der Waals surface area (Å²) in [6, 6.07) is 9.94. The molecule has 3 heteroatoms. The summed E-state index contributed by atoms with van der Waals surface area (Å²) in [5.41, 5.74) is 1.16. The molecule has 0 heterocycles. The Bertz CT molecular complexity index is 398. The SMILES string of the molecule is CCCOC(=O)CCC(=O)CC(C)c1ccccc1. The number of Topliss-reactive ketones (excluding diaryl/α,β-unsaturated/α-hetero) is 1. The lowest BCUT2D eigenvalue weighted by molar-refractivity contribution is -0.144. The van der Waals surface area contributed by atoms with Gasteiger partial charge in [0, 0.05) is 12.8 Å². The molecule has 0 bridgehead atoms. The minimum absolute atomic E-state index is 0.116. The van der Waals surface area contributed by atoms with Crippen molar-refractivity contribution in [3.63, 3.8) is 0 Å². The molecule has 3 nitrogen and oxygen atoms in total. The van der Waals surface area contributed by atoms with Gasteiger partial charge in [-0.25, -0.2) is 0 Å². The second-order valence-corrected chi connectivity index (χ2v) is 4.78. The van der Waals surface area contributed by atoms with E-state index in [-0.39, 0.29) is 30.5 Å². The minimum atomic E-state index is -0.275. The van der Waals surface area contributed by atoms with Gasteiger partial charge < -0.3 is 4.74 Å². The second-order valence-electron chi connectivity index (χ2n) is 4.78. The number of hydrogen-bond donors (Lipinski definition) is 0. The van der Waals surface area contributed by atoms with Crippen LogP contribution in [0.3, 0.4) is 0 Å². The maximum atomic E-state index is 11.8. The van der Waals surface area contributed by atoms with Crippen LogP contribution >= 0.6 is 0 Å². The van der Waals surface area contributed by atoms with Gasteiger partial charge in [-0.2, -0.15) is 0 Å². The largest absolute Gasteiger partial charge is 0.466 e. The Morgan fingerprint density at radius 3 is 2.47 bits per heavy atom. The molecule has 0 aliphatic rings. The van der Waals surface area contributed by atoms with Crippen LogP contribution in [0.4, 0.5) is 0 Å². The lowest BCUT2D eigenvalue weighted by Crippen LogP contribution is -2.10. The fourth-order valence-corrected chi connectivity index (χ4v) is 1.87. The number of carbonyl (C=O) groups excluding carboxylic acids is 2. The van der Waals surface area contributed by atoms with E-state index in [1.54, 1.807) is 0 Å². The Kier molecular flexibility index (Phi) is 6.86. The fraction of sp³-hybridized carbons (Fsp3) is 0.500. The van der Waals surface area contributed by atoms with Crippen molar-refractivity contribution in [2.24, 2.45) is 0 Å². The van der Waals surface area contributed by atoms with E-state index in [1.165, 1.54) is 0 Å². The zero-order valence-corrected chi connectivity index (χ0v) is 11.7. The average Bonchev–Trinajstić information content (AvgIpc) is 2.43. The summed E-state index contributed by atoms with van der Waals surface area (Å²) >= 11 is 0. The summed E-state index contributed by atoms with van der Waals surface area (Å²) in [6.45, 7) is 4.41. The highest BCUT2D eigenvalue weighted by Gasteiger charge is 2.13. The molecule has 1 aromatic carbocycles. The first-order valence-electron chi connectivity index (χ1n) is 6.85. The molecule has 0 saturated carbocycles. The van der Waals surface area contributed by atoms with Gasteiger partial charge in [-0.15, -0.1) is 0 Å². The van der Waals surface area contributed by atoms with Gasteiger partial charge in [0.05, 0.1) is 13.0 Å². The highest BCUT2D eigenvalue weighted by molar-refractivity contribution is 5.83. The minimum Gasteiger partial charge on any atom is -0.466 e. The van der Waals surface area contributed by atoms with Gasteiger partial charge in [0.25, 0.3) is 0 Å². The van der Waals surface area contributed by atoms with Crippen molar-refractivity contribution in [1.29, 1.82) is 0 Å². The normalized spacial score (nSPS) is 11.9. The quantitative estimate of drug-likeness (QED) is 0.674. The van der Waals surface area contributed by atoms with Crippen LogP contribution in [-0.4, -0.2) is 18.4 Å². The smallest absolute Gasteiger partial charge is 0.306 e. The van der Waals surface area contributed by atoms with Crippen molar-refractivity contribution in [3.8, 4) is 0 Å². The summed E-state index contributed by atoms with van der Waals surface area (Å²) in [4.78, 5) is 23.1. The van der Waals surface area contributed by atoms with E-state index in [2.05, 4.69) is 0 Å². The Morgan fingerprint density at radius 1 is 1.16 bits per heavy atom. The maximum Gasteiger partial charge on any atom is 0.306 e. The van der Waals surface area contributed by atoms with Crippen LogP contribution in [-0.2, 0) is 14.3 Å². The maximum absolute atomic E-state index is 11.8. The van der Waals surface area contributed by atoms with Gasteiger partial charge >= 0.3 is 5.97 Å². The van der Waals surface area contributed by atoms with Crippen molar-refractivity contribution < 1.29 is 14.3 Å². The van der Waals surface area contributed by atoms with E-state index < -0.39 is 0 Å². The molecule has 1 unspecified atom stereocenters. The highest BCUT2D eigenvalue weighted by atomic mass is 16.5. The highest BCUT2D eigenvalue weighted by Crippen LogP contribution is 2.19. The molecule has 19 heavy (non-hydrogen) atoms. The Balaban J connectivity index is 2.29. The van der Waals surface area contributed by atoms with Crippen LogP contribution in [0.15, 0.2) is 30.3 Å². The van der Waals surface area contributed by atoms with Crippen LogP contribution in [0.2, 0.25) is 0 Å². The van der Waals surface area contributed by atoms with Crippen LogP contribution in [0.1, 0.15) is 51.0 Å². The van der Waals surface area contributed by atoms with E-state index >= 15 is 0 Å². The lowest BCUT2D eigenvalue weighted by atomic mass is 9.94. The molecule has 1 rings (SSSR count). The molecule has 0 aliphatic carbocycles. The molecule has 1 aromatic rings. The number of carbonyl (C=O) groups is 2.